The summed E-state index contributed by atoms with van der Waals surface area (Å²) >= 11 is 6.13. The van der Waals surface area contributed by atoms with Gasteiger partial charge in [-0.15, -0.1) is 5.11 Å². The molecule has 6 heteroatoms. The number of H-pyrrole nitrogens is 1. The molecule has 3 rings (SSSR count). The molecule has 0 saturated carbocycles. The van der Waals surface area contributed by atoms with E-state index in [9.17, 15) is 4.79 Å². The van der Waals surface area contributed by atoms with Gasteiger partial charge in [0, 0.05) is 0 Å². The fourth-order valence-corrected chi connectivity index (χ4v) is 2.28. The van der Waals surface area contributed by atoms with Gasteiger partial charge in [-0.05, 0) is 31.2 Å². The molecule has 2 aromatic carbocycles. The molecule has 0 aliphatic carbocycles. The van der Waals surface area contributed by atoms with E-state index < -0.39 is 0 Å². The molecule has 0 aliphatic rings. The average Bonchev–Trinajstić information content (AvgIpc) is 2.81. The minimum absolute atomic E-state index is 0.267. The molecule has 5 nitrogen and oxygen atoms in total. The number of aromatic nitrogens is 2. The third-order valence-corrected chi connectivity index (χ3v) is 3.48. The lowest BCUT2D eigenvalue weighted by atomic mass is 10.3. The van der Waals surface area contributed by atoms with Gasteiger partial charge in [-0.3, -0.25) is 9.89 Å². The first-order chi connectivity index (χ1) is 10.7. The first kappa shape index (κ1) is 14.3. The molecule has 0 radical (unpaired) electrons. The minimum atomic E-state index is -0.287. The molecule has 0 atom stereocenters. The fourth-order valence-electron chi connectivity index (χ4n) is 2.06. The summed E-state index contributed by atoms with van der Waals surface area (Å²) in [4.78, 5) is 12.5. The maximum Gasteiger partial charge on any atom is 0.299 e. The van der Waals surface area contributed by atoms with Crippen molar-refractivity contribution in [1.29, 1.82) is 0 Å². The van der Waals surface area contributed by atoms with Crippen LogP contribution in [-0.2, 0) is 0 Å². The largest absolute Gasteiger partial charge is 0.299 e. The third kappa shape index (κ3) is 2.71. The second-order valence-electron chi connectivity index (χ2n) is 4.71. The van der Waals surface area contributed by atoms with Crippen LogP contribution in [0.4, 0.5) is 11.4 Å². The van der Waals surface area contributed by atoms with Crippen molar-refractivity contribution >= 4 is 23.0 Å². The van der Waals surface area contributed by atoms with Gasteiger partial charge >= 0.3 is 0 Å². The lowest BCUT2D eigenvalue weighted by Gasteiger charge is -2.02. The molecule has 0 saturated heterocycles. The zero-order valence-corrected chi connectivity index (χ0v) is 12.6. The van der Waals surface area contributed by atoms with Gasteiger partial charge in [-0.2, -0.15) is 5.11 Å². The van der Waals surface area contributed by atoms with Crippen molar-refractivity contribution < 1.29 is 0 Å². The zero-order valence-electron chi connectivity index (χ0n) is 11.8. The highest BCUT2D eigenvalue weighted by Gasteiger charge is 2.13. The van der Waals surface area contributed by atoms with Crippen molar-refractivity contribution in [3.63, 3.8) is 0 Å². The Morgan fingerprint density at radius 1 is 1.00 bits per heavy atom. The van der Waals surface area contributed by atoms with E-state index in [1.54, 1.807) is 19.1 Å². The van der Waals surface area contributed by atoms with Crippen LogP contribution in [0.5, 0.6) is 0 Å². The molecule has 1 aromatic heterocycles. The number of para-hydroxylation sites is 1. The first-order valence-electron chi connectivity index (χ1n) is 6.70. The topological polar surface area (TPSA) is 62.5 Å². The summed E-state index contributed by atoms with van der Waals surface area (Å²) in [5.74, 6) is 0. The van der Waals surface area contributed by atoms with E-state index in [2.05, 4.69) is 15.3 Å². The third-order valence-electron chi connectivity index (χ3n) is 3.16. The monoisotopic (exact) mass is 312 g/mol. The molecule has 0 fully saturated rings. The molecule has 0 aliphatic heterocycles. The summed E-state index contributed by atoms with van der Waals surface area (Å²) in [5, 5.41) is 11.6. The highest BCUT2D eigenvalue weighted by molar-refractivity contribution is 6.32. The molecule has 0 amide bonds. The molecule has 3 aromatic rings. The number of azo groups is 1. The summed E-state index contributed by atoms with van der Waals surface area (Å²) in [6.45, 7) is 1.77. The van der Waals surface area contributed by atoms with Gasteiger partial charge in [0.1, 0.15) is 0 Å². The number of aryl methyl sites for hydroxylation is 1. The van der Waals surface area contributed by atoms with Gasteiger partial charge in [-0.1, -0.05) is 41.9 Å². The fraction of sp³-hybridized carbons (Fsp3) is 0.0625. The minimum Gasteiger partial charge on any atom is -0.293 e. The van der Waals surface area contributed by atoms with Gasteiger partial charge in [-0.25, -0.2) is 4.68 Å². The predicted molar refractivity (Wildman–Crippen MR) is 86.8 cm³/mol. The predicted octanol–water partition coefficient (Wildman–Crippen LogP) is 4.54. The first-order valence-corrected chi connectivity index (χ1v) is 7.08. The van der Waals surface area contributed by atoms with Crippen molar-refractivity contribution in [2.45, 2.75) is 6.92 Å². The molecule has 22 heavy (non-hydrogen) atoms. The van der Waals surface area contributed by atoms with Crippen molar-refractivity contribution in [3.05, 3.63) is 75.7 Å². The normalized spacial score (nSPS) is 11.2. The molecule has 0 bridgehead atoms. The second kappa shape index (κ2) is 5.99. The van der Waals surface area contributed by atoms with Gasteiger partial charge in [0.05, 0.1) is 22.1 Å². The van der Waals surface area contributed by atoms with Gasteiger partial charge in [0.25, 0.3) is 5.56 Å². The van der Waals surface area contributed by atoms with E-state index in [4.69, 9.17) is 11.6 Å². The molecule has 0 unspecified atom stereocenters. The lowest BCUT2D eigenvalue weighted by molar-refractivity contribution is 0.835. The smallest absolute Gasteiger partial charge is 0.293 e. The number of nitrogens with one attached hydrogen (secondary N) is 1. The number of hydrogen-bond donors (Lipinski definition) is 1. The summed E-state index contributed by atoms with van der Waals surface area (Å²) < 4.78 is 1.37. The number of benzene rings is 2. The summed E-state index contributed by atoms with van der Waals surface area (Å²) in [7, 11) is 0. The Morgan fingerprint density at radius 3 is 2.41 bits per heavy atom. The van der Waals surface area contributed by atoms with Crippen LogP contribution in [0.2, 0.25) is 5.02 Å². The highest BCUT2D eigenvalue weighted by Crippen LogP contribution is 2.21. The summed E-state index contributed by atoms with van der Waals surface area (Å²) in [6.07, 6.45) is 0. The average molecular weight is 313 g/mol. The van der Waals surface area contributed by atoms with Crippen LogP contribution in [0.15, 0.2) is 69.6 Å². The Hall–Kier alpha value is -2.66. The van der Waals surface area contributed by atoms with E-state index >= 15 is 0 Å². The quantitative estimate of drug-likeness (QED) is 0.709. The highest BCUT2D eigenvalue weighted by atomic mass is 35.5. The van der Waals surface area contributed by atoms with Crippen LogP contribution in [0, 0.1) is 6.92 Å². The van der Waals surface area contributed by atoms with Gasteiger partial charge < -0.3 is 0 Å². The number of nitrogens with zero attached hydrogens (tertiary/aromatic N) is 3. The van der Waals surface area contributed by atoms with E-state index in [0.29, 0.717) is 22.1 Å². The Bertz CT molecular complexity index is 881. The molecular formula is C16H13ClN4O. The Morgan fingerprint density at radius 2 is 1.68 bits per heavy atom. The van der Waals surface area contributed by atoms with Crippen molar-refractivity contribution in [2.75, 3.05) is 0 Å². The van der Waals surface area contributed by atoms with E-state index in [1.807, 2.05) is 42.5 Å². The molecule has 1 heterocycles. The summed E-state index contributed by atoms with van der Waals surface area (Å²) in [5.41, 5.74) is 1.88. The maximum atomic E-state index is 12.5. The van der Waals surface area contributed by atoms with Gasteiger partial charge in [0.2, 0.25) is 0 Å². The van der Waals surface area contributed by atoms with E-state index in [0.717, 1.165) is 0 Å². The molecule has 110 valence electrons. The molecular weight excluding hydrogens is 300 g/mol. The number of aromatic amines is 1. The number of halogens is 1. The Labute approximate surface area is 131 Å². The summed E-state index contributed by atoms with van der Waals surface area (Å²) in [6, 6.07) is 16.4. The van der Waals surface area contributed by atoms with Gasteiger partial charge in [0.15, 0.2) is 5.69 Å². The van der Waals surface area contributed by atoms with E-state index in [1.165, 1.54) is 4.68 Å². The van der Waals surface area contributed by atoms with Crippen LogP contribution in [-0.4, -0.2) is 9.78 Å². The van der Waals surface area contributed by atoms with Crippen LogP contribution < -0.4 is 5.56 Å². The van der Waals surface area contributed by atoms with E-state index in [-0.39, 0.29) is 11.2 Å². The van der Waals surface area contributed by atoms with Crippen LogP contribution in [0.3, 0.4) is 0 Å². The SMILES string of the molecule is Cc1[nH]n(-c2ccccc2Cl)c(=O)c1N=Nc1ccccc1. The maximum absolute atomic E-state index is 12.5. The van der Waals surface area contributed by atoms with Crippen LogP contribution in [0.1, 0.15) is 5.69 Å². The van der Waals surface area contributed by atoms with Crippen molar-refractivity contribution in [3.8, 4) is 5.69 Å². The van der Waals surface area contributed by atoms with Crippen molar-refractivity contribution in [2.24, 2.45) is 10.2 Å². The number of hydrogen-bond acceptors (Lipinski definition) is 3. The molecule has 1 N–H and O–H groups in total. The number of rotatable bonds is 3. The lowest BCUT2D eigenvalue weighted by Crippen LogP contribution is -2.14. The molecule has 0 spiro atoms. The van der Waals surface area contributed by atoms with Crippen molar-refractivity contribution in [1.82, 2.24) is 9.78 Å². The standard InChI is InChI=1S/C16H13ClN4O/c1-11-15(19-18-12-7-3-2-4-8-12)16(22)21(20-11)14-10-6-5-9-13(14)17/h2-10,20H,1H3. The second-order valence-corrected chi connectivity index (χ2v) is 5.12. The van der Waals surface area contributed by atoms with Crippen LogP contribution in [0.25, 0.3) is 5.69 Å². The Kier molecular flexibility index (Phi) is 3.89. The Balaban J connectivity index is 2.03. The van der Waals surface area contributed by atoms with Crippen LogP contribution >= 0.6 is 11.6 Å². The zero-order chi connectivity index (χ0) is 15.5.